The molecule has 1 unspecified atom stereocenters. The van der Waals surface area contributed by atoms with Crippen LogP contribution in [0, 0.1) is 0 Å². The van der Waals surface area contributed by atoms with Crippen LogP contribution >= 0.6 is 27.7 Å². The molecule has 110 valence electrons. The van der Waals surface area contributed by atoms with Crippen molar-refractivity contribution in [1.82, 2.24) is 4.90 Å². The van der Waals surface area contributed by atoms with E-state index in [4.69, 9.17) is 0 Å². The van der Waals surface area contributed by atoms with Gasteiger partial charge in [0, 0.05) is 11.4 Å². The van der Waals surface area contributed by atoms with Crippen LogP contribution in [0.4, 0.5) is 0 Å². The molecule has 0 aromatic heterocycles. The third-order valence-corrected chi connectivity index (χ3v) is 4.84. The van der Waals surface area contributed by atoms with Crippen LogP contribution in [0.3, 0.4) is 0 Å². The molecule has 0 heterocycles. The smallest absolute Gasteiger partial charge is 0.00717 e. The number of halogens is 1. The van der Waals surface area contributed by atoms with E-state index in [-0.39, 0.29) is 0 Å². The third kappa shape index (κ3) is 11.9. The fourth-order valence-electron chi connectivity index (χ4n) is 2.07. The summed E-state index contributed by atoms with van der Waals surface area (Å²) in [4.78, 5) is 2.53. The molecule has 0 aliphatic carbocycles. The standard InChI is InChI=1S/C15H32BrNS/c1-15(11-14-18-3)17(2)13-10-8-6-4-5-7-9-12-16/h15H,4-14H2,1-3H3. The number of alkyl halides is 1. The van der Waals surface area contributed by atoms with Gasteiger partial charge in [-0.25, -0.2) is 0 Å². The Bertz CT molecular complexity index is 167. The normalized spacial score (nSPS) is 13.2. The Balaban J connectivity index is 3.26. The van der Waals surface area contributed by atoms with Gasteiger partial charge in [0.25, 0.3) is 0 Å². The van der Waals surface area contributed by atoms with Gasteiger partial charge in [-0.2, -0.15) is 11.8 Å². The van der Waals surface area contributed by atoms with Crippen LogP contribution < -0.4 is 0 Å². The Morgan fingerprint density at radius 1 is 1.00 bits per heavy atom. The first-order valence-electron chi connectivity index (χ1n) is 7.47. The molecule has 0 fully saturated rings. The zero-order valence-corrected chi connectivity index (χ0v) is 15.0. The van der Waals surface area contributed by atoms with Gasteiger partial charge in [-0.15, -0.1) is 0 Å². The van der Waals surface area contributed by atoms with E-state index in [0.717, 1.165) is 6.04 Å². The molecule has 0 saturated heterocycles. The van der Waals surface area contributed by atoms with Crippen LogP contribution in [0.1, 0.15) is 58.3 Å². The lowest BCUT2D eigenvalue weighted by Gasteiger charge is -2.24. The summed E-state index contributed by atoms with van der Waals surface area (Å²) in [5.41, 5.74) is 0. The van der Waals surface area contributed by atoms with Crippen molar-refractivity contribution in [2.45, 2.75) is 64.3 Å². The van der Waals surface area contributed by atoms with E-state index in [9.17, 15) is 0 Å². The number of unbranched alkanes of at least 4 members (excludes halogenated alkanes) is 6. The molecule has 0 bridgehead atoms. The molecule has 1 atom stereocenters. The van der Waals surface area contributed by atoms with Gasteiger partial charge in [0.05, 0.1) is 0 Å². The van der Waals surface area contributed by atoms with E-state index in [1.807, 2.05) is 11.8 Å². The fraction of sp³-hybridized carbons (Fsp3) is 1.00. The van der Waals surface area contributed by atoms with Crippen LogP contribution in [0.2, 0.25) is 0 Å². The Kier molecular flexibility index (Phi) is 14.8. The van der Waals surface area contributed by atoms with Gasteiger partial charge in [-0.05, 0) is 51.8 Å². The molecule has 0 amide bonds. The lowest BCUT2D eigenvalue weighted by molar-refractivity contribution is 0.247. The predicted octanol–water partition coefficient (Wildman–Crippen LogP) is 5.19. The number of hydrogen-bond donors (Lipinski definition) is 0. The largest absolute Gasteiger partial charge is 0.304 e. The number of thioether (sulfide) groups is 1. The summed E-state index contributed by atoms with van der Waals surface area (Å²) in [6.07, 6.45) is 13.3. The molecule has 0 aromatic rings. The highest BCUT2D eigenvalue weighted by molar-refractivity contribution is 9.09. The molecule has 0 radical (unpaired) electrons. The van der Waals surface area contributed by atoms with E-state index < -0.39 is 0 Å². The van der Waals surface area contributed by atoms with Gasteiger partial charge < -0.3 is 4.90 Å². The quantitative estimate of drug-likeness (QED) is 0.336. The predicted molar refractivity (Wildman–Crippen MR) is 91.2 cm³/mol. The maximum absolute atomic E-state index is 3.48. The van der Waals surface area contributed by atoms with Crippen molar-refractivity contribution in [3.63, 3.8) is 0 Å². The van der Waals surface area contributed by atoms with Crippen molar-refractivity contribution in [3.05, 3.63) is 0 Å². The maximum Gasteiger partial charge on any atom is 0.00717 e. The minimum absolute atomic E-state index is 0.747. The van der Waals surface area contributed by atoms with Crippen LogP contribution in [-0.4, -0.2) is 41.9 Å². The Morgan fingerprint density at radius 2 is 1.56 bits per heavy atom. The minimum atomic E-state index is 0.747. The van der Waals surface area contributed by atoms with E-state index in [1.54, 1.807) is 0 Å². The molecule has 0 N–H and O–H groups in total. The average Bonchev–Trinajstić information content (AvgIpc) is 2.38. The van der Waals surface area contributed by atoms with Crippen molar-refractivity contribution in [2.24, 2.45) is 0 Å². The first-order chi connectivity index (χ1) is 8.72. The van der Waals surface area contributed by atoms with Gasteiger partial charge in [-0.1, -0.05) is 48.0 Å². The second kappa shape index (κ2) is 14.2. The summed E-state index contributed by atoms with van der Waals surface area (Å²) >= 11 is 5.44. The average molecular weight is 338 g/mol. The fourth-order valence-corrected chi connectivity index (χ4v) is 3.04. The SMILES string of the molecule is CSCCC(C)N(C)CCCCCCCCCBr. The van der Waals surface area contributed by atoms with Crippen LogP contribution in [0.25, 0.3) is 0 Å². The first-order valence-corrected chi connectivity index (χ1v) is 9.99. The Labute approximate surface area is 128 Å². The molecule has 0 aliphatic heterocycles. The van der Waals surface area contributed by atoms with Crippen LogP contribution in [0.15, 0.2) is 0 Å². The molecular weight excluding hydrogens is 306 g/mol. The highest BCUT2D eigenvalue weighted by Gasteiger charge is 2.07. The van der Waals surface area contributed by atoms with Gasteiger partial charge in [0.1, 0.15) is 0 Å². The lowest BCUT2D eigenvalue weighted by Crippen LogP contribution is -2.30. The second-order valence-corrected chi connectivity index (χ2v) is 7.05. The molecule has 0 saturated carbocycles. The lowest BCUT2D eigenvalue weighted by atomic mass is 10.1. The van der Waals surface area contributed by atoms with Crippen molar-refractivity contribution < 1.29 is 0 Å². The first kappa shape index (κ1) is 18.8. The molecule has 18 heavy (non-hydrogen) atoms. The molecule has 3 heteroatoms. The van der Waals surface area contributed by atoms with Crippen LogP contribution in [0.5, 0.6) is 0 Å². The number of nitrogens with zero attached hydrogens (tertiary/aromatic N) is 1. The van der Waals surface area contributed by atoms with Crippen molar-refractivity contribution >= 4 is 27.7 Å². The monoisotopic (exact) mass is 337 g/mol. The summed E-state index contributed by atoms with van der Waals surface area (Å²) in [5.74, 6) is 1.29. The van der Waals surface area contributed by atoms with E-state index >= 15 is 0 Å². The van der Waals surface area contributed by atoms with E-state index in [1.165, 1.54) is 69.0 Å². The molecule has 0 rings (SSSR count). The summed E-state index contributed by atoms with van der Waals surface area (Å²) in [7, 11) is 2.28. The van der Waals surface area contributed by atoms with Gasteiger partial charge >= 0.3 is 0 Å². The zero-order chi connectivity index (χ0) is 13.6. The second-order valence-electron chi connectivity index (χ2n) is 5.27. The summed E-state index contributed by atoms with van der Waals surface area (Å²) in [6.45, 7) is 3.63. The van der Waals surface area contributed by atoms with E-state index in [0.29, 0.717) is 0 Å². The maximum atomic E-state index is 3.48. The third-order valence-electron chi connectivity index (χ3n) is 3.64. The highest BCUT2D eigenvalue weighted by atomic mass is 79.9. The minimum Gasteiger partial charge on any atom is -0.304 e. The number of hydrogen-bond acceptors (Lipinski definition) is 2. The summed E-state index contributed by atoms with van der Waals surface area (Å²) in [5, 5.41) is 1.17. The molecule has 0 spiro atoms. The van der Waals surface area contributed by atoms with E-state index in [2.05, 4.69) is 41.1 Å². The number of rotatable bonds is 13. The van der Waals surface area contributed by atoms with Crippen LogP contribution in [-0.2, 0) is 0 Å². The summed E-state index contributed by atoms with van der Waals surface area (Å²) < 4.78 is 0. The molecule has 0 aliphatic rings. The Morgan fingerprint density at radius 3 is 2.11 bits per heavy atom. The highest BCUT2D eigenvalue weighted by Crippen LogP contribution is 2.10. The van der Waals surface area contributed by atoms with Crippen molar-refractivity contribution in [1.29, 1.82) is 0 Å². The van der Waals surface area contributed by atoms with Gasteiger partial charge in [-0.3, -0.25) is 0 Å². The topological polar surface area (TPSA) is 3.24 Å². The molecular formula is C15H32BrNS. The van der Waals surface area contributed by atoms with Crippen molar-refractivity contribution in [3.8, 4) is 0 Å². The van der Waals surface area contributed by atoms with Gasteiger partial charge in [0.2, 0.25) is 0 Å². The summed E-state index contributed by atoms with van der Waals surface area (Å²) in [6, 6.07) is 0.747. The molecule has 0 aromatic carbocycles. The van der Waals surface area contributed by atoms with Crippen molar-refractivity contribution in [2.75, 3.05) is 30.9 Å². The Hall–Kier alpha value is 0.790. The van der Waals surface area contributed by atoms with Gasteiger partial charge in [0.15, 0.2) is 0 Å². The zero-order valence-electron chi connectivity index (χ0n) is 12.6. The molecule has 1 nitrogen and oxygen atoms in total.